The number of nitrogens with one attached hydrogen (secondary N) is 2. The van der Waals surface area contributed by atoms with Crippen LogP contribution in [0.5, 0.6) is 5.75 Å². The number of anilines is 4. The van der Waals surface area contributed by atoms with Crippen LogP contribution in [0, 0.1) is 11.8 Å². The van der Waals surface area contributed by atoms with Gasteiger partial charge in [-0.25, -0.2) is 4.98 Å². The largest absolute Gasteiger partial charge is 0.573 e. The van der Waals surface area contributed by atoms with Crippen molar-refractivity contribution in [1.82, 2.24) is 20.2 Å². The normalized spacial score (nSPS) is 19.6. The van der Waals surface area contributed by atoms with Gasteiger partial charge in [-0.1, -0.05) is 12.8 Å². The first kappa shape index (κ1) is 29.4. The Balaban J connectivity index is 1.45. The molecule has 1 saturated heterocycles. The van der Waals surface area contributed by atoms with E-state index in [1.807, 2.05) is 18.7 Å². The lowest BCUT2D eigenvalue weighted by Crippen LogP contribution is -2.58. The Morgan fingerprint density at radius 3 is 2.57 bits per heavy atom. The summed E-state index contributed by atoms with van der Waals surface area (Å²) in [6.45, 7) is 6.09. The van der Waals surface area contributed by atoms with Gasteiger partial charge < -0.3 is 25.2 Å². The number of likely N-dealkylation sites (tertiary alicyclic amines) is 1. The van der Waals surface area contributed by atoms with Crippen LogP contribution in [-0.2, 0) is 4.79 Å². The molecule has 3 aliphatic rings. The number of nitrogens with zero attached hydrogens (tertiary/aromatic N) is 5. The summed E-state index contributed by atoms with van der Waals surface area (Å²) in [5.74, 6) is 5.49. The molecule has 1 atom stereocenters. The number of hydrogen-bond donors (Lipinski definition) is 2. The fraction of sp³-hybridized carbons (Fsp3) is 0.517. The van der Waals surface area contributed by atoms with E-state index in [1.54, 1.807) is 7.05 Å². The van der Waals surface area contributed by atoms with Gasteiger partial charge in [0.1, 0.15) is 11.7 Å². The third-order valence-corrected chi connectivity index (χ3v) is 7.75. The van der Waals surface area contributed by atoms with Crippen molar-refractivity contribution in [2.24, 2.45) is 0 Å². The van der Waals surface area contributed by atoms with Gasteiger partial charge in [0, 0.05) is 37.8 Å². The Kier molecular flexibility index (Phi) is 8.45. The third-order valence-electron chi connectivity index (χ3n) is 7.75. The summed E-state index contributed by atoms with van der Waals surface area (Å²) in [5.41, 5.74) is 0.513. The number of likely N-dealkylation sites (N-methyl/N-ethyl adjacent to an activating group) is 1. The summed E-state index contributed by atoms with van der Waals surface area (Å²) >= 11 is 0. The van der Waals surface area contributed by atoms with E-state index in [0.717, 1.165) is 44.8 Å². The first-order chi connectivity index (χ1) is 20.1. The highest BCUT2D eigenvalue weighted by atomic mass is 19.4. The summed E-state index contributed by atoms with van der Waals surface area (Å²) in [6, 6.07) is 3.45. The number of alkyl halides is 3. The minimum Gasteiger partial charge on any atom is -0.404 e. The molecule has 2 N–H and O–H groups in total. The third kappa shape index (κ3) is 6.54. The topological polar surface area (TPSA) is 103 Å². The average Bonchev–Trinajstić information content (AvgIpc) is 3.78. The SMILES string of the molecule is CC#CCN1CCC(N2c3nc(Nc4ccc(C(=O)NC5CC5)cc4OC(F)(F)F)ncc3N(C)C(=O)[C@H]2CC)CC1. The van der Waals surface area contributed by atoms with Crippen LogP contribution >= 0.6 is 0 Å². The van der Waals surface area contributed by atoms with Gasteiger partial charge in [-0.2, -0.15) is 4.98 Å². The van der Waals surface area contributed by atoms with Crippen LogP contribution in [0.15, 0.2) is 24.4 Å². The van der Waals surface area contributed by atoms with Crippen LogP contribution in [0.25, 0.3) is 0 Å². The summed E-state index contributed by atoms with van der Waals surface area (Å²) in [7, 11) is 1.67. The summed E-state index contributed by atoms with van der Waals surface area (Å²) < 4.78 is 44.2. The Hall–Kier alpha value is -4.05. The quantitative estimate of drug-likeness (QED) is 0.448. The molecule has 2 fully saturated rings. The van der Waals surface area contributed by atoms with E-state index in [2.05, 4.69) is 37.1 Å². The number of aromatic nitrogens is 2. The maximum Gasteiger partial charge on any atom is 0.573 e. The van der Waals surface area contributed by atoms with Crippen LogP contribution in [-0.4, -0.2) is 77.9 Å². The molecule has 1 saturated carbocycles. The zero-order valence-electron chi connectivity index (χ0n) is 23.8. The predicted molar refractivity (Wildman–Crippen MR) is 152 cm³/mol. The number of fused-ring (bicyclic) bond motifs is 1. The van der Waals surface area contributed by atoms with Gasteiger partial charge in [0.05, 0.1) is 18.4 Å². The van der Waals surface area contributed by atoms with E-state index < -0.39 is 24.1 Å². The molecule has 13 heteroatoms. The Bertz CT molecular complexity index is 1400. The van der Waals surface area contributed by atoms with Crippen LogP contribution in [0.1, 0.15) is 56.3 Å². The van der Waals surface area contributed by atoms with Gasteiger partial charge in [0.25, 0.3) is 5.91 Å². The smallest absolute Gasteiger partial charge is 0.404 e. The number of halogens is 3. The Morgan fingerprint density at radius 1 is 1.19 bits per heavy atom. The van der Waals surface area contributed by atoms with Gasteiger partial charge in [0.2, 0.25) is 11.9 Å². The summed E-state index contributed by atoms with van der Waals surface area (Å²) in [5, 5.41) is 5.61. The molecule has 0 spiro atoms. The van der Waals surface area contributed by atoms with Crippen molar-refractivity contribution >= 4 is 35.0 Å². The number of ether oxygens (including phenoxy) is 1. The van der Waals surface area contributed by atoms with E-state index >= 15 is 0 Å². The lowest BCUT2D eigenvalue weighted by molar-refractivity contribution is -0.274. The van der Waals surface area contributed by atoms with Crippen molar-refractivity contribution in [2.45, 2.75) is 70.4 Å². The lowest BCUT2D eigenvalue weighted by Gasteiger charge is -2.46. The average molecular weight is 586 g/mol. The number of rotatable bonds is 8. The number of carbonyl (C=O) groups excluding carboxylic acids is 2. The van der Waals surface area contributed by atoms with E-state index in [-0.39, 0.29) is 35.2 Å². The van der Waals surface area contributed by atoms with E-state index in [0.29, 0.717) is 24.5 Å². The number of benzene rings is 1. The number of piperidine rings is 1. The fourth-order valence-corrected chi connectivity index (χ4v) is 5.40. The number of carbonyl (C=O) groups is 2. The number of hydrogen-bond acceptors (Lipinski definition) is 8. The Morgan fingerprint density at radius 2 is 1.93 bits per heavy atom. The van der Waals surface area contributed by atoms with E-state index in [9.17, 15) is 22.8 Å². The molecule has 42 heavy (non-hydrogen) atoms. The van der Waals surface area contributed by atoms with Gasteiger partial charge in [-0.15, -0.1) is 19.1 Å². The van der Waals surface area contributed by atoms with E-state index in [1.165, 1.54) is 23.2 Å². The van der Waals surface area contributed by atoms with Crippen molar-refractivity contribution in [3.63, 3.8) is 0 Å². The molecule has 10 nitrogen and oxygen atoms in total. The highest BCUT2D eigenvalue weighted by Gasteiger charge is 2.41. The molecule has 3 heterocycles. The predicted octanol–water partition coefficient (Wildman–Crippen LogP) is 4.06. The van der Waals surface area contributed by atoms with Crippen molar-refractivity contribution in [2.75, 3.05) is 41.8 Å². The van der Waals surface area contributed by atoms with Crippen molar-refractivity contribution < 1.29 is 27.5 Å². The van der Waals surface area contributed by atoms with Crippen molar-refractivity contribution in [1.29, 1.82) is 0 Å². The molecular weight excluding hydrogens is 551 g/mol. The molecule has 1 aliphatic carbocycles. The van der Waals surface area contributed by atoms with Gasteiger partial charge in [-0.05, 0) is 57.2 Å². The molecule has 0 radical (unpaired) electrons. The summed E-state index contributed by atoms with van der Waals surface area (Å²) in [4.78, 5) is 40.7. The molecule has 0 bridgehead atoms. The monoisotopic (exact) mass is 585 g/mol. The highest BCUT2D eigenvalue weighted by Crippen LogP contribution is 2.39. The van der Waals surface area contributed by atoms with Crippen LogP contribution in [0.2, 0.25) is 0 Å². The van der Waals surface area contributed by atoms with Crippen molar-refractivity contribution in [3.8, 4) is 17.6 Å². The molecule has 0 unspecified atom stereocenters. The zero-order chi connectivity index (χ0) is 30.0. The Labute approximate surface area is 242 Å². The molecular formula is C29H34F3N7O3. The fourth-order valence-electron chi connectivity index (χ4n) is 5.40. The first-order valence-corrected chi connectivity index (χ1v) is 14.1. The molecule has 224 valence electrons. The second kappa shape index (κ2) is 12.1. The van der Waals surface area contributed by atoms with Crippen LogP contribution < -0.4 is 25.2 Å². The molecule has 1 aromatic carbocycles. The highest BCUT2D eigenvalue weighted by molar-refractivity contribution is 6.04. The standard InChI is InChI=1S/C29H34F3N7O3/c1-4-6-13-38-14-11-20(12-15-38)39-22(5-2)27(41)37(3)23-17-33-28(36-25(23)39)35-21-10-7-18(26(40)34-19-8-9-19)16-24(21)42-29(30,31)32/h7,10,16-17,19-20,22H,5,8-9,11-15H2,1-3H3,(H,34,40)(H,33,35,36)/t22-/m1/s1. The second-order valence-electron chi connectivity index (χ2n) is 10.7. The molecule has 2 aromatic rings. The molecule has 2 aliphatic heterocycles. The minimum atomic E-state index is -4.98. The number of amides is 2. The van der Waals surface area contributed by atoms with Gasteiger partial charge in [-0.3, -0.25) is 14.5 Å². The maximum atomic E-state index is 13.3. The first-order valence-electron chi connectivity index (χ1n) is 14.1. The van der Waals surface area contributed by atoms with Crippen molar-refractivity contribution in [3.05, 3.63) is 30.0 Å². The molecule has 1 aromatic heterocycles. The van der Waals surface area contributed by atoms with Gasteiger partial charge >= 0.3 is 6.36 Å². The van der Waals surface area contributed by atoms with E-state index in [4.69, 9.17) is 4.98 Å². The zero-order valence-corrected chi connectivity index (χ0v) is 23.8. The second-order valence-corrected chi connectivity index (χ2v) is 10.7. The maximum absolute atomic E-state index is 13.3. The lowest BCUT2D eigenvalue weighted by atomic mass is 9.97. The summed E-state index contributed by atoms with van der Waals surface area (Å²) in [6.07, 6.45) is 0.370. The molecule has 2 amide bonds. The minimum absolute atomic E-state index is 0.0355. The molecule has 5 rings (SSSR count). The van der Waals surface area contributed by atoms with Crippen LogP contribution in [0.3, 0.4) is 0 Å². The van der Waals surface area contributed by atoms with Crippen LogP contribution in [0.4, 0.5) is 36.3 Å². The van der Waals surface area contributed by atoms with Gasteiger partial charge in [0.15, 0.2) is 11.6 Å².